The fraction of sp³-hybridized carbons (Fsp3) is 0.636. The maximum Gasteiger partial charge on any atom is 0.433 e. The molecule has 1 rings (SSSR count). The lowest BCUT2D eigenvalue weighted by atomic mass is 10.3. The zero-order chi connectivity index (χ0) is 16.1. The van der Waals surface area contributed by atoms with Crippen LogP contribution < -0.4 is 10.6 Å². The van der Waals surface area contributed by atoms with E-state index >= 15 is 0 Å². The smallest absolute Gasteiger partial charge is 0.370 e. The van der Waals surface area contributed by atoms with Crippen LogP contribution in [0, 0.1) is 0 Å². The zero-order valence-corrected chi connectivity index (χ0v) is 12.5. The average Bonchev–Trinajstić information content (AvgIpc) is 2.33. The Labute approximate surface area is 121 Å². The van der Waals surface area contributed by atoms with Crippen LogP contribution in [0.15, 0.2) is 6.07 Å². The summed E-state index contributed by atoms with van der Waals surface area (Å²) in [4.78, 5) is 7.27. The molecule has 10 heteroatoms. The average molecular weight is 326 g/mol. The maximum absolute atomic E-state index is 12.7. The van der Waals surface area contributed by atoms with Gasteiger partial charge in [-0.15, -0.1) is 0 Å². The molecule has 1 heterocycles. The van der Waals surface area contributed by atoms with Gasteiger partial charge in [0.2, 0.25) is 5.95 Å². The Morgan fingerprint density at radius 2 is 1.90 bits per heavy atom. The molecule has 1 aromatic rings. The van der Waals surface area contributed by atoms with E-state index < -0.39 is 21.7 Å². The molecular weight excluding hydrogens is 309 g/mol. The van der Waals surface area contributed by atoms with E-state index in [1.165, 1.54) is 0 Å². The topological polar surface area (TPSA) is 84.0 Å². The van der Waals surface area contributed by atoms with E-state index in [-0.39, 0.29) is 30.5 Å². The lowest BCUT2D eigenvalue weighted by Gasteiger charge is -2.12. The van der Waals surface area contributed by atoms with Crippen LogP contribution in [0.25, 0.3) is 0 Å². The van der Waals surface area contributed by atoms with Crippen molar-refractivity contribution in [2.45, 2.75) is 19.5 Å². The highest BCUT2D eigenvalue weighted by Gasteiger charge is 2.33. The number of nitrogens with zero attached hydrogens (tertiary/aromatic N) is 2. The fourth-order valence-corrected chi connectivity index (χ4v) is 2.14. The van der Waals surface area contributed by atoms with Crippen LogP contribution in [0.3, 0.4) is 0 Å². The van der Waals surface area contributed by atoms with E-state index in [4.69, 9.17) is 0 Å². The third-order valence-electron chi connectivity index (χ3n) is 2.35. The monoisotopic (exact) mass is 326 g/mol. The van der Waals surface area contributed by atoms with Gasteiger partial charge in [0, 0.05) is 25.4 Å². The molecule has 0 radical (unpaired) electrons. The molecule has 21 heavy (non-hydrogen) atoms. The first-order valence-electron chi connectivity index (χ1n) is 6.23. The van der Waals surface area contributed by atoms with Crippen LogP contribution in [-0.2, 0) is 16.0 Å². The molecule has 1 aromatic heterocycles. The van der Waals surface area contributed by atoms with Gasteiger partial charge in [-0.05, 0) is 13.3 Å². The molecule has 0 aliphatic carbocycles. The van der Waals surface area contributed by atoms with Gasteiger partial charge >= 0.3 is 6.18 Å². The normalized spacial score (nSPS) is 12.2. The first kappa shape index (κ1) is 17.5. The molecule has 0 fully saturated rings. The summed E-state index contributed by atoms with van der Waals surface area (Å²) in [6, 6.07) is 0.793. The van der Waals surface area contributed by atoms with E-state index in [9.17, 15) is 21.6 Å². The van der Waals surface area contributed by atoms with Crippen LogP contribution in [0.5, 0.6) is 0 Å². The van der Waals surface area contributed by atoms with E-state index in [0.29, 0.717) is 6.54 Å². The van der Waals surface area contributed by atoms with Crippen LogP contribution in [0.4, 0.5) is 24.9 Å². The van der Waals surface area contributed by atoms with Crippen LogP contribution in [0.2, 0.25) is 0 Å². The number of alkyl halides is 3. The number of anilines is 2. The van der Waals surface area contributed by atoms with Gasteiger partial charge in [-0.1, -0.05) is 0 Å². The van der Waals surface area contributed by atoms with E-state index in [1.54, 1.807) is 6.92 Å². The Morgan fingerprint density at radius 3 is 2.43 bits per heavy atom. The van der Waals surface area contributed by atoms with Crippen molar-refractivity contribution in [3.05, 3.63) is 11.8 Å². The van der Waals surface area contributed by atoms with Crippen molar-refractivity contribution in [1.29, 1.82) is 0 Å². The van der Waals surface area contributed by atoms with Gasteiger partial charge in [0.25, 0.3) is 0 Å². The second-order valence-corrected chi connectivity index (χ2v) is 6.66. The lowest BCUT2D eigenvalue weighted by Crippen LogP contribution is -2.15. The predicted molar refractivity (Wildman–Crippen MR) is 74.0 cm³/mol. The Bertz CT molecular complexity index is 575. The van der Waals surface area contributed by atoms with Crippen molar-refractivity contribution in [1.82, 2.24) is 9.97 Å². The summed E-state index contributed by atoms with van der Waals surface area (Å²) in [6.07, 6.45) is -3.19. The van der Waals surface area contributed by atoms with Gasteiger partial charge in [-0.2, -0.15) is 18.2 Å². The summed E-state index contributed by atoms with van der Waals surface area (Å²) < 4.78 is 60.0. The van der Waals surface area contributed by atoms with E-state index in [0.717, 1.165) is 12.3 Å². The van der Waals surface area contributed by atoms with Gasteiger partial charge in [0.15, 0.2) is 5.69 Å². The van der Waals surface area contributed by atoms with Gasteiger partial charge < -0.3 is 10.6 Å². The number of aromatic nitrogens is 2. The Kier molecular flexibility index (Phi) is 5.76. The maximum atomic E-state index is 12.7. The summed E-state index contributed by atoms with van der Waals surface area (Å²) in [6.45, 7) is 2.30. The van der Waals surface area contributed by atoms with Crippen LogP contribution >= 0.6 is 0 Å². The molecule has 0 spiro atoms. The summed E-state index contributed by atoms with van der Waals surface area (Å²) >= 11 is 0. The quantitative estimate of drug-likeness (QED) is 0.743. The minimum absolute atomic E-state index is 0.00164. The standard InChI is InChI=1S/C11H17F3N4O2S/c1-3-15-10-17-8(11(12,13)14)7-9(18-10)16-5-4-6-21(2,19)20/h7H,3-6H2,1-2H3,(H2,15,16,17,18). The highest BCUT2D eigenvalue weighted by molar-refractivity contribution is 7.90. The summed E-state index contributed by atoms with van der Waals surface area (Å²) in [5.41, 5.74) is -1.06. The van der Waals surface area contributed by atoms with Crippen molar-refractivity contribution in [2.75, 3.05) is 35.7 Å². The molecule has 0 amide bonds. The highest BCUT2D eigenvalue weighted by atomic mass is 32.2. The molecular formula is C11H17F3N4O2S. The first-order valence-corrected chi connectivity index (χ1v) is 8.29. The van der Waals surface area contributed by atoms with E-state index in [2.05, 4.69) is 20.6 Å². The van der Waals surface area contributed by atoms with Gasteiger partial charge in [0.1, 0.15) is 15.7 Å². The molecule has 0 unspecified atom stereocenters. The first-order chi connectivity index (χ1) is 9.62. The van der Waals surface area contributed by atoms with Crippen molar-refractivity contribution < 1.29 is 21.6 Å². The third-order valence-corrected chi connectivity index (χ3v) is 3.38. The summed E-state index contributed by atoms with van der Waals surface area (Å²) in [5.74, 6) is -0.170. The third kappa shape index (κ3) is 6.61. The van der Waals surface area contributed by atoms with Crippen molar-refractivity contribution in [2.24, 2.45) is 0 Å². The largest absolute Gasteiger partial charge is 0.433 e. The number of hydrogen-bond acceptors (Lipinski definition) is 6. The minimum Gasteiger partial charge on any atom is -0.370 e. The molecule has 0 aliphatic heterocycles. The van der Waals surface area contributed by atoms with Gasteiger partial charge in [0.05, 0.1) is 5.75 Å². The molecule has 0 saturated carbocycles. The highest BCUT2D eigenvalue weighted by Crippen LogP contribution is 2.29. The van der Waals surface area contributed by atoms with Crippen molar-refractivity contribution in [3.8, 4) is 0 Å². The minimum atomic E-state index is -4.57. The molecule has 120 valence electrons. The Hall–Kier alpha value is -1.58. The molecule has 0 aromatic carbocycles. The van der Waals surface area contributed by atoms with E-state index in [1.807, 2.05) is 0 Å². The second-order valence-electron chi connectivity index (χ2n) is 4.40. The second kappa shape index (κ2) is 6.92. The Morgan fingerprint density at radius 1 is 1.24 bits per heavy atom. The SMILES string of the molecule is CCNc1nc(NCCCS(C)(=O)=O)cc(C(F)(F)F)n1. The predicted octanol–water partition coefficient (Wildman–Crippen LogP) is 1.77. The zero-order valence-electron chi connectivity index (χ0n) is 11.7. The fourth-order valence-electron chi connectivity index (χ4n) is 1.47. The molecule has 6 nitrogen and oxygen atoms in total. The van der Waals surface area contributed by atoms with Gasteiger partial charge in [-0.25, -0.2) is 13.4 Å². The number of rotatable bonds is 7. The lowest BCUT2D eigenvalue weighted by molar-refractivity contribution is -0.141. The number of nitrogens with one attached hydrogen (secondary N) is 2. The Balaban J connectivity index is 2.78. The van der Waals surface area contributed by atoms with Crippen LogP contribution in [0.1, 0.15) is 19.0 Å². The molecule has 0 bridgehead atoms. The molecule has 0 atom stereocenters. The summed E-state index contributed by atoms with van der Waals surface area (Å²) in [5, 5.41) is 5.29. The molecule has 0 aliphatic rings. The van der Waals surface area contributed by atoms with Crippen molar-refractivity contribution >= 4 is 21.6 Å². The number of hydrogen-bond donors (Lipinski definition) is 2. The number of halogens is 3. The van der Waals surface area contributed by atoms with Crippen LogP contribution in [-0.4, -0.2) is 43.5 Å². The van der Waals surface area contributed by atoms with Gasteiger partial charge in [-0.3, -0.25) is 0 Å². The molecule has 0 saturated heterocycles. The summed E-state index contributed by atoms with van der Waals surface area (Å²) in [7, 11) is -3.09. The van der Waals surface area contributed by atoms with Crippen molar-refractivity contribution in [3.63, 3.8) is 0 Å². The number of sulfone groups is 1. The molecule has 2 N–H and O–H groups in total.